The highest BCUT2D eigenvalue weighted by atomic mass is 16.4. The third kappa shape index (κ3) is 4.02. The van der Waals surface area contributed by atoms with Crippen molar-refractivity contribution in [3.63, 3.8) is 0 Å². The summed E-state index contributed by atoms with van der Waals surface area (Å²) >= 11 is 0. The molecule has 1 heterocycles. The molecule has 134 valence electrons. The second-order valence-corrected chi connectivity index (χ2v) is 7.60. The zero-order valence-corrected chi connectivity index (χ0v) is 15.9. The lowest BCUT2D eigenvalue weighted by molar-refractivity contribution is 0.478. The maximum Gasteiger partial charge on any atom is 0.343 e. The minimum atomic E-state index is -0.371. The van der Waals surface area contributed by atoms with Gasteiger partial charge < -0.3 is 9.73 Å². The number of aryl methyl sites for hydroxylation is 1. The first-order valence-corrected chi connectivity index (χ1v) is 8.70. The van der Waals surface area contributed by atoms with E-state index in [1.165, 1.54) is 5.56 Å². The summed E-state index contributed by atoms with van der Waals surface area (Å²) in [5, 5.41) is 3.12. The van der Waals surface area contributed by atoms with Crippen molar-refractivity contribution in [2.75, 3.05) is 5.32 Å². The normalized spacial score (nSPS) is 11.4. The Hall–Kier alpha value is -2.88. The van der Waals surface area contributed by atoms with Crippen LogP contribution in [0.25, 0.3) is 22.4 Å². The molecule has 0 saturated carbocycles. The van der Waals surface area contributed by atoms with Gasteiger partial charge in [0, 0.05) is 11.1 Å². The molecule has 0 aliphatic rings. The van der Waals surface area contributed by atoms with Crippen LogP contribution in [0.5, 0.6) is 0 Å². The quantitative estimate of drug-likeness (QED) is 0.707. The highest BCUT2D eigenvalue weighted by Crippen LogP contribution is 2.26. The van der Waals surface area contributed by atoms with Gasteiger partial charge in [0.1, 0.15) is 0 Å². The van der Waals surface area contributed by atoms with Crippen LogP contribution in [-0.4, -0.2) is 10.5 Å². The maximum absolute atomic E-state index is 12.2. The van der Waals surface area contributed by atoms with E-state index in [9.17, 15) is 4.79 Å². The highest BCUT2D eigenvalue weighted by molar-refractivity contribution is 5.70. The predicted octanol–water partition coefficient (Wildman–Crippen LogP) is 5.20. The molecule has 0 amide bonds. The van der Waals surface area contributed by atoms with Gasteiger partial charge in [-0.1, -0.05) is 54.1 Å². The van der Waals surface area contributed by atoms with Crippen molar-refractivity contribution in [1.29, 1.82) is 0 Å². The SMILES string of the molecule is Cc1ccc(-c2ccc(-c3nc(NC(C)(C)C)oc(=O)c3C)cc2)cc1. The Morgan fingerprint density at radius 2 is 1.35 bits per heavy atom. The van der Waals surface area contributed by atoms with Gasteiger partial charge in [0.25, 0.3) is 6.01 Å². The molecule has 4 heteroatoms. The number of rotatable bonds is 3. The fourth-order valence-electron chi connectivity index (χ4n) is 2.69. The van der Waals surface area contributed by atoms with Crippen molar-refractivity contribution < 1.29 is 4.42 Å². The topological polar surface area (TPSA) is 55.1 Å². The molecule has 26 heavy (non-hydrogen) atoms. The molecule has 0 aliphatic carbocycles. The summed E-state index contributed by atoms with van der Waals surface area (Å²) in [5.41, 5.74) is 4.95. The van der Waals surface area contributed by atoms with Crippen molar-refractivity contribution in [2.45, 2.75) is 40.2 Å². The number of hydrogen-bond donors (Lipinski definition) is 1. The average molecular weight is 348 g/mol. The Bertz CT molecular complexity index is 963. The van der Waals surface area contributed by atoms with Crippen LogP contribution in [-0.2, 0) is 0 Å². The van der Waals surface area contributed by atoms with Crippen molar-refractivity contribution in [2.24, 2.45) is 0 Å². The number of anilines is 1. The Morgan fingerprint density at radius 1 is 0.846 bits per heavy atom. The summed E-state index contributed by atoms with van der Waals surface area (Å²) in [6.07, 6.45) is 0. The van der Waals surface area contributed by atoms with Crippen molar-refractivity contribution >= 4 is 6.01 Å². The zero-order chi connectivity index (χ0) is 18.9. The second-order valence-electron chi connectivity index (χ2n) is 7.60. The van der Waals surface area contributed by atoms with Gasteiger partial charge in [0.05, 0.1) is 11.3 Å². The molecule has 1 N–H and O–H groups in total. The fourth-order valence-corrected chi connectivity index (χ4v) is 2.69. The molecule has 0 atom stereocenters. The summed E-state index contributed by atoms with van der Waals surface area (Å²) in [5.74, 6) is 0. The van der Waals surface area contributed by atoms with E-state index in [2.05, 4.69) is 41.5 Å². The lowest BCUT2D eigenvalue weighted by atomic mass is 10.0. The molecule has 0 saturated heterocycles. The Balaban J connectivity index is 1.98. The number of benzene rings is 2. The molecule has 3 aromatic rings. The van der Waals surface area contributed by atoms with E-state index < -0.39 is 0 Å². The first-order chi connectivity index (χ1) is 12.2. The molecule has 0 fully saturated rings. The van der Waals surface area contributed by atoms with Gasteiger partial charge in [-0.25, -0.2) is 4.79 Å². The van der Waals surface area contributed by atoms with Gasteiger partial charge in [-0.2, -0.15) is 4.98 Å². The number of aromatic nitrogens is 1. The minimum absolute atomic E-state index is 0.241. The zero-order valence-electron chi connectivity index (χ0n) is 15.9. The van der Waals surface area contributed by atoms with Gasteiger partial charge in [-0.05, 0) is 45.7 Å². The first kappa shape index (κ1) is 17.9. The molecule has 3 rings (SSSR count). The third-order valence-corrected chi connectivity index (χ3v) is 4.09. The summed E-state index contributed by atoms with van der Waals surface area (Å²) in [7, 11) is 0. The lowest BCUT2D eigenvalue weighted by Gasteiger charge is -2.20. The molecule has 0 unspecified atom stereocenters. The highest BCUT2D eigenvalue weighted by Gasteiger charge is 2.16. The van der Waals surface area contributed by atoms with Crippen molar-refractivity contribution in [1.82, 2.24) is 4.98 Å². The van der Waals surface area contributed by atoms with Crippen LogP contribution < -0.4 is 10.9 Å². The largest absolute Gasteiger partial charge is 0.389 e. The van der Waals surface area contributed by atoms with E-state index in [-0.39, 0.29) is 17.2 Å². The third-order valence-electron chi connectivity index (χ3n) is 4.09. The van der Waals surface area contributed by atoms with E-state index in [1.807, 2.05) is 45.0 Å². The molecule has 1 aromatic heterocycles. The molecule has 2 aromatic carbocycles. The molecule has 0 aliphatic heterocycles. The molecular weight excluding hydrogens is 324 g/mol. The molecule has 4 nitrogen and oxygen atoms in total. The van der Waals surface area contributed by atoms with E-state index in [0.29, 0.717) is 11.3 Å². The molecular formula is C22H24N2O2. The summed E-state index contributed by atoms with van der Waals surface area (Å²) in [6, 6.07) is 16.7. The Labute approximate surface area is 153 Å². The van der Waals surface area contributed by atoms with Crippen LogP contribution in [0.15, 0.2) is 57.7 Å². The van der Waals surface area contributed by atoms with Gasteiger partial charge in [0.15, 0.2) is 0 Å². The summed E-state index contributed by atoms with van der Waals surface area (Å²) in [4.78, 5) is 16.7. The predicted molar refractivity (Wildman–Crippen MR) is 106 cm³/mol. The summed E-state index contributed by atoms with van der Waals surface area (Å²) in [6.45, 7) is 9.79. The fraction of sp³-hybridized carbons (Fsp3) is 0.273. The first-order valence-electron chi connectivity index (χ1n) is 8.70. The Morgan fingerprint density at radius 3 is 1.88 bits per heavy atom. The number of nitrogens with one attached hydrogen (secondary N) is 1. The van der Waals surface area contributed by atoms with E-state index in [1.54, 1.807) is 6.92 Å². The maximum atomic E-state index is 12.2. The van der Waals surface area contributed by atoms with E-state index >= 15 is 0 Å². The van der Waals surface area contributed by atoms with Crippen molar-refractivity contribution in [3.05, 3.63) is 70.1 Å². The average Bonchev–Trinajstić information content (AvgIpc) is 2.57. The number of hydrogen-bond acceptors (Lipinski definition) is 4. The van der Waals surface area contributed by atoms with Crippen LogP contribution in [0.2, 0.25) is 0 Å². The minimum Gasteiger partial charge on any atom is -0.389 e. The Kier molecular flexibility index (Phi) is 4.68. The molecule has 0 bridgehead atoms. The molecule has 0 spiro atoms. The van der Waals surface area contributed by atoms with E-state index in [0.717, 1.165) is 16.7 Å². The van der Waals surface area contributed by atoms with Gasteiger partial charge >= 0.3 is 5.63 Å². The van der Waals surface area contributed by atoms with Gasteiger partial charge in [-0.15, -0.1) is 0 Å². The van der Waals surface area contributed by atoms with Crippen LogP contribution >= 0.6 is 0 Å². The van der Waals surface area contributed by atoms with Crippen LogP contribution in [0.3, 0.4) is 0 Å². The second kappa shape index (κ2) is 6.79. The van der Waals surface area contributed by atoms with Gasteiger partial charge in [0.2, 0.25) is 0 Å². The van der Waals surface area contributed by atoms with Crippen LogP contribution in [0, 0.1) is 13.8 Å². The smallest absolute Gasteiger partial charge is 0.343 e. The summed E-state index contributed by atoms with van der Waals surface area (Å²) < 4.78 is 5.27. The number of nitrogens with zero attached hydrogens (tertiary/aromatic N) is 1. The monoisotopic (exact) mass is 348 g/mol. The van der Waals surface area contributed by atoms with Gasteiger partial charge in [-0.3, -0.25) is 0 Å². The van der Waals surface area contributed by atoms with Crippen molar-refractivity contribution in [3.8, 4) is 22.4 Å². The lowest BCUT2D eigenvalue weighted by Crippen LogP contribution is -2.27. The standard InChI is InChI=1S/C22H24N2O2/c1-14-6-8-16(9-7-14)17-10-12-18(13-11-17)19-15(2)20(25)26-21(23-19)24-22(3,4)5/h6-13H,1-5H3,(H,23,24). The van der Waals surface area contributed by atoms with Crippen LogP contribution in [0.4, 0.5) is 6.01 Å². The van der Waals surface area contributed by atoms with E-state index in [4.69, 9.17) is 4.42 Å². The van der Waals surface area contributed by atoms with Crippen LogP contribution in [0.1, 0.15) is 31.9 Å². The molecule has 0 radical (unpaired) electrons.